The average Bonchev–Trinajstić information content (AvgIpc) is 2.30. The van der Waals surface area contributed by atoms with Crippen LogP contribution in [0.25, 0.3) is 0 Å². The predicted octanol–water partition coefficient (Wildman–Crippen LogP) is 1.20. The van der Waals surface area contributed by atoms with Crippen molar-refractivity contribution in [1.82, 2.24) is 0 Å². The summed E-state index contributed by atoms with van der Waals surface area (Å²) >= 11 is 0.826. The summed E-state index contributed by atoms with van der Waals surface area (Å²) in [5.74, 6) is -0.371. The maximum absolute atomic E-state index is 10.8. The zero-order valence-corrected chi connectivity index (χ0v) is 7.78. The van der Waals surface area contributed by atoms with Gasteiger partial charge in [-0.3, -0.25) is 9.35 Å². The summed E-state index contributed by atoms with van der Waals surface area (Å²) in [5.41, 5.74) is 0.0440. The number of carbonyl (C=O) groups is 1. The number of ketones is 1. The van der Waals surface area contributed by atoms with Gasteiger partial charge in [0.2, 0.25) is 0 Å². The van der Waals surface area contributed by atoms with Gasteiger partial charge >= 0.3 is 10.1 Å². The summed E-state index contributed by atoms with van der Waals surface area (Å²) < 4.78 is 29.6. The van der Waals surface area contributed by atoms with Crippen LogP contribution in [0, 0.1) is 0 Å². The molecule has 66 valence electrons. The largest absolute Gasteiger partial charge is 0.304 e. The van der Waals surface area contributed by atoms with Gasteiger partial charge in [0.1, 0.15) is 0 Å². The molecule has 0 atom stereocenters. The van der Waals surface area contributed by atoms with Crippen LogP contribution in [0.3, 0.4) is 0 Å². The van der Waals surface area contributed by atoms with Crippen LogP contribution in [-0.2, 0) is 10.1 Å². The molecule has 12 heavy (non-hydrogen) atoms. The molecular formula is C6H6O4S2. The lowest BCUT2D eigenvalue weighted by Gasteiger charge is -1.94. The molecule has 0 aromatic carbocycles. The lowest BCUT2D eigenvalue weighted by Crippen LogP contribution is -2.01. The first-order valence-corrected chi connectivity index (χ1v) is 5.31. The van der Waals surface area contributed by atoms with E-state index in [4.69, 9.17) is 4.55 Å². The molecule has 0 aliphatic carbocycles. The van der Waals surface area contributed by atoms with E-state index in [2.05, 4.69) is 0 Å². The van der Waals surface area contributed by atoms with Gasteiger partial charge in [-0.05, 0) is 18.4 Å². The van der Waals surface area contributed by atoms with Crippen LogP contribution in [0.15, 0.2) is 15.7 Å². The standard InChI is InChI=1S/C6H6O4S2/c1-4(7)5-2-3-11-6(5)12(8,9)10/h2-3H,1H3,(H,8,9,10). The van der Waals surface area contributed by atoms with Crippen molar-refractivity contribution in [2.45, 2.75) is 11.1 Å². The van der Waals surface area contributed by atoms with Crippen LogP contribution in [0.5, 0.6) is 0 Å². The maximum atomic E-state index is 10.8. The van der Waals surface area contributed by atoms with Crippen molar-refractivity contribution >= 4 is 27.2 Å². The quantitative estimate of drug-likeness (QED) is 0.583. The summed E-state index contributed by atoms with van der Waals surface area (Å²) in [6, 6.07) is 1.37. The van der Waals surface area contributed by atoms with Gasteiger partial charge in [0.25, 0.3) is 0 Å². The monoisotopic (exact) mass is 206 g/mol. The summed E-state index contributed by atoms with van der Waals surface area (Å²) in [7, 11) is -4.24. The fraction of sp³-hybridized carbons (Fsp3) is 0.167. The normalized spacial score (nSPS) is 11.5. The smallest absolute Gasteiger partial charge is 0.294 e. The van der Waals surface area contributed by atoms with E-state index in [0.29, 0.717) is 0 Å². The molecule has 1 heterocycles. The molecule has 0 saturated carbocycles. The molecule has 0 saturated heterocycles. The highest BCUT2D eigenvalue weighted by Gasteiger charge is 2.19. The van der Waals surface area contributed by atoms with E-state index < -0.39 is 10.1 Å². The van der Waals surface area contributed by atoms with Crippen molar-refractivity contribution in [3.05, 3.63) is 17.0 Å². The Hall–Kier alpha value is -0.720. The third kappa shape index (κ3) is 1.71. The van der Waals surface area contributed by atoms with Crippen molar-refractivity contribution < 1.29 is 17.8 Å². The molecular weight excluding hydrogens is 200 g/mol. The van der Waals surface area contributed by atoms with Crippen LogP contribution in [0.1, 0.15) is 17.3 Å². The van der Waals surface area contributed by atoms with Gasteiger partial charge in [-0.2, -0.15) is 8.42 Å². The van der Waals surface area contributed by atoms with Gasteiger partial charge in [-0.25, -0.2) is 0 Å². The summed E-state index contributed by atoms with van der Waals surface area (Å²) in [4.78, 5) is 10.8. The van der Waals surface area contributed by atoms with Crippen LogP contribution in [0.2, 0.25) is 0 Å². The van der Waals surface area contributed by atoms with E-state index in [1.54, 1.807) is 0 Å². The van der Waals surface area contributed by atoms with Crippen molar-refractivity contribution in [3.63, 3.8) is 0 Å². The fourth-order valence-electron chi connectivity index (χ4n) is 0.756. The summed E-state index contributed by atoms with van der Waals surface area (Å²) in [5, 5.41) is 1.44. The molecule has 1 aromatic rings. The third-order valence-corrected chi connectivity index (χ3v) is 3.56. The molecule has 4 nitrogen and oxygen atoms in total. The highest BCUT2D eigenvalue weighted by molar-refractivity contribution is 7.88. The number of Topliss-reactive ketones (excluding diaryl/α,β-unsaturated/α-hetero) is 1. The number of thiophene rings is 1. The second kappa shape index (κ2) is 2.96. The van der Waals surface area contributed by atoms with Crippen LogP contribution in [-0.4, -0.2) is 18.8 Å². The molecule has 1 N–H and O–H groups in total. The van der Waals surface area contributed by atoms with Gasteiger partial charge in [-0.1, -0.05) is 0 Å². The lowest BCUT2D eigenvalue weighted by atomic mass is 10.2. The van der Waals surface area contributed by atoms with E-state index in [1.165, 1.54) is 18.4 Å². The summed E-state index contributed by atoms with van der Waals surface area (Å²) in [6.07, 6.45) is 0. The van der Waals surface area contributed by atoms with E-state index in [0.717, 1.165) is 11.3 Å². The van der Waals surface area contributed by atoms with Gasteiger partial charge in [0, 0.05) is 5.56 Å². The van der Waals surface area contributed by atoms with E-state index in [-0.39, 0.29) is 15.6 Å². The van der Waals surface area contributed by atoms with E-state index >= 15 is 0 Å². The minimum absolute atomic E-state index is 0.0440. The topological polar surface area (TPSA) is 71.4 Å². The molecule has 0 spiro atoms. The zero-order valence-electron chi connectivity index (χ0n) is 6.14. The molecule has 1 aromatic heterocycles. The van der Waals surface area contributed by atoms with Crippen LogP contribution >= 0.6 is 11.3 Å². The fourth-order valence-corrected chi connectivity index (χ4v) is 2.57. The number of carbonyl (C=O) groups excluding carboxylic acids is 1. The van der Waals surface area contributed by atoms with Gasteiger partial charge < -0.3 is 0 Å². The average molecular weight is 206 g/mol. The second-order valence-corrected chi connectivity index (χ2v) is 4.69. The Morgan fingerprint density at radius 2 is 2.17 bits per heavy atom. The van der Waals surface area contributed by atoms with Gasteiger partial charge in [-0.15, -0.1) is 11.3 Å². The minimum atomic E-state index is -4.24. The maximum Gasteiger partial charge on any atom is 0.304 e. The third-order valence-electron chi connectivity index (χ3n) is 1.24. The van der Waals surface area contributed by atoms with Gasteiger partial charge in [0.15, 0.2) is 9.99 Å². The Labute approximate surface area is 73.6 Å². The first-order valence-electron chi connectivity index (χ1n) is 2.99. The Bertz CT molecular complexity index is 401. The van der Waals surface area contributed by atoms with Crippen molar-refractivity contribution in [3.8, 4) is 0 Å². The Morgan fingerprint density at radius 3 is 2.50 bits per heavy atom. The Balaban J connectivity index is 3.36. The Kier molecular flexibility index (Phi) is 2.31. The van der Waals surface area contributed by atoms with E-state index in [1.807, 2.05) is 0 Å². The van der Waals surface area contributed by atoms with Crippen molar-refractivity contribution in [1.29, 1.82) is 0 Å². The molecule has 0 fully saturated rings. The zero-order chi connectivity index (χ0) is 9.35. The number of hydrogen-bond donors (Lipinski definition) is 1. The minimum Gasteiger partial charge on any atom is -0.294 e. The molecule has 1 rings (SSSR count). The first-order chi connectivity index (χ1) is 5.43. The summed E-state index contributed by atoms with van der Waals surface area (Å²) in [6.45, 7) is 1.25. The first kappa shape index (κ1) is 9.37. The van der Waals surface area contributed by atoms with Crippen molar-refractivity contribution in [2.24, 2.45) is 0 Å². The molecule has 6 heteroatoms. The highest BCUT2D eigenvalue weighted by Crippen LogP contribution is 2.22. The predicted molar refractivity (Wildman–Crippen MR) is 44.1 cm³/mol. The van der Waals surface area contributed by atoms with Crippen LogP contribution in [0.4, 0.5) is 0 Å². The SMILES string of the molecule is CC(=O)c1ccsc1S(=O)(=O)O. The number of hydrogen-bond acceptors (Lipinski definition) is 4. The lowest BCUT2D eigenvalue weighted by molar-refractivity contribution is 0.101. The molecule has 0 aliphatic heterocycles. The van der Waals surface area contributed by atoms with Crippen molar-refractivity contribution in [2.75, 3.05) is 0 Å². The molecule has 0 unspecified atom stereocenters. The van der Waals surface area contributed by atoms with E-state index in [9.17, 15) is 13.2 Å². The van der Waals surface area contributed by atoms with Crippen LogP contribution < -0.4 is 0 Å². The Morgan fingerprint density at radius 1 is 1.58 bits per heavy atom. The molecule has 0 radical (unpaired) electrons. The molecule has 0 amide bonds. The number of rotatable bonds is 2. The molecule has 0 aliphatic rings. The second-order valence-electron chi connectivity index (χ2n) is 2.15. The highest BCUT2D eigenvalue weighted by atomic mass is 32.3. The van der Waals surface area contributed by atoms with Gasteiger partial charge in [0.05, 0.1) is 0 Å². The molecule has 0 bridgehead atoms.